The number of oxazole rings is 1. The van der Waals surface area contributed by atoms with Gasteiger partial charge in [-0.15, -0.1) is 0 Å². The Morgan fingerprint density at radius 2 is 2.00 bits per heavy atom. The molecule has 1 saturated carbocycles. The van der Waals surface area contributed by atoms with Crippen LogP contribution in [0.3, 0.4) is 0 Å². The molecular weight excluding hydrogens is 304 g/mol. The molecule has 126 valence electrons. The Bertz CT molecular complexity index is 831. The van der Waals surface area contributed by atoms with Gasteiger partial charge in [-0.05, 0) is 37.8 Å². The van der Waals surface area contributed by atoms with Crippen LogP contribution in [0.1, 0.15) is 44.9 Å². The number of guanidine groups is 2. The number of aryl methyl sites for hydroxylation is 1. The first-order valence-electron chi connectivity index (χ1n) is 8.50. The lowest BCUT2D eigenvalue weighted by Crippen LogP contribution is -2.58. The summed E-state index contributed by atoms with van der Waals surface area (Å²) in [6.07, 6.45) is 6.01. The molecular formula is C17H22N6O. The molecule has 2 aromatic rings. The second-order valence-corrected chi connectivity index (χ2v) is 6.43. The minimum atomic E-state index is -0.435. The third-order valence-electron chi connectivity index (χ3n) is 4.83. The van der Waals surface area contributed by atoms with Crippen molar-refractivity contribution in [3.8, 4) is 0 Å². The largest absolute Gasteiger partial charge is 0.441 e. The summed E-state index contributed by atoms with van der Waals surface area (Å²) in [5, 5.41) is 0. The number of aromatic nitrogens is 1. The van der Waals surface area contributed by atoms with Crippen molar-refractivity contribution in [2.45, 2.75) is 51.1 Å². The van der Waals surface area contributed by atoms with Crippen LogP contribution in [-0.2, 0) is 6.42 Å². The molecule has 4 N–H and O–H groups in total. The number of hydrogen-bond acceptors (Lipinski definition) is 7. The summed E-state index contributed by atoms with van der Waals surface area (Å²) in [5.41, 5.74) is 14.2. The summed E-state index contributed by atoms with van der Waals surface area (Å²) in [4.78, 5) is 15.4. The third kappa shape index (κ3) is 2.31. The zero-order chi connectivity index (χ0) is 16.7. The summed E-state index contributed by atoms with van der Waals surface area (Å²) >= 11 is 0. The second kappa shape index (κ2) is 5.51. The molecule has 0 unspecified atom stereocenters. The standard InChI is InChI=1S/C17H22N6O/c1-2-14-20-12-7-6-11(10-13(12)24-14)23-16(19)21-15(18)22-17(23)8-4-3-5-9-17/h6-7,10H,2-5,8-9H2,1H3,(H4,18,19,21,22). The lowest BCUT2D eigenvalue weighted by Gasteiger charge is -2.45. The van der Waals surface area contributed by atoms with Crippen molar-refractivity contribution in [2.24, 2.45) is 21.5 Å². The average molecular weight is 326 g/mol. The summed E-state index contributed by atoms with van der Waals surface area (Å²) in [7, 11) is 0. The molecule has 0 bridgehead atoms. The van der Waals surface area contributed by atoms with Gasteiger partial charge in [0.1, 0.15) is 11.2 Å². The Balaban J connectivity index is 1.81. The number of aliphatic imine (C=N–C) groups is 2. The van der Waals surface area contributed by atoms with Gasteiger partial charge in [0.15, 0.2) is 11.5 Å². The molecule has 0 atom stereocenters. The SMILES string of the molecule is CCc1nc2ccc(N3C(N)=NC(N)=NC34CCCCC4)cc2o1. The van der Waals surface area contributed by atoms with E-state index in [-0.39, 0.29) is 5.96 Å². The maximum atomic E-state index is 6.25. The molecule has 2 heterocycles. The van der Waals surface area contributed by atoms with Gasteiger partial charge in [-0.3, -0.25) is 4.90 Å². The van der Waals surface area contributed by atoms with Crippen LogP contribution in [0.5, 0.6) is 0 Å². The van der Waals surface area contributed by atoms with Crippen LogP contribution in [0.4, 0.5) is 5.69 Å². The van der Waals surface area contributed by atoms with Crippen LogP contribution in [0.2, 0.25) is 0 Å². The van der Waals surface area contributed by atoms with Gasteiger partial charge in [0.05, 0.1) is 5.69 Å². The van der Waals surface area contributed by atoms with Crippen molar-refractivity contribution in [3.05, 3.63) is 24.1 Å². The van der Waals surface area contributed by atoms with E-state index >= 15 is 0 Å². The topological polar surface area (TPSA) is 106 Å². The monoisotopic (exact) mass is 326 g/mol. The van der Waals surface area contributed by atoms with E-state index < -0.39 is 5.66 Å². The quantitative estimate of drug-likeness (QED) is 0.882. The molecule has 1 spiro atoms. The van der Waals surface area contributed by atoms with Gasteiger partial charge in [-0.2, -0.15) is 4.99 Å². The van der Waals surface area contributed by atoms with Gasteiger partial charge in [0.2, 0.25) is 11.9 Å². The van der Waals surface area contributed by atoms with Crippen LogP contribution in [0, 0.1) is 0 Å². The highest BCUT2D eigenvalue weighted by molar-refractivity contribution is 6.06. The van der Waals surface area contributed by atoms with Crippen molar-refractivity contribution in [3.63, 3.8) is 0 Å². The van der Waals surface area contributed by atoms with Crippen molar-refractivity contribution < 1.29 is 4.42 Å². The number of rotatable bonds is 2. The van der Waals surface area contributed by atoms with E-state index in [0.717, 1.165) is 54.8 Å². The van der Waals surface area contributed by atoms with Crippen molar-refractivity contribution >= 4 is 28.7 Å². The molecule has 1 fully saturated rings. The highest BCUT2D eigenvalue weighted by atomic mass is 16.3. The lowest BCUT2D eigenvalue weighted by molar-refractivity contribution is 0.305. The van der Waals surface area contributed by atoms with Crippen LogP contribution in [0.25, 0.3) is 11.1 Å². The number of hydrogen-bond donors (Lipinski definition) is 2. The van der Waals surface area contributed by atoms with Gasteiger partial charge in [-0.25, -0.2) is 9.98 Å². The fourth-order valence-electron chi connectivity index (χ4n) is 3.75. The van der Waals surface area contributed by atoms with E-state index in [4.69, 9.17) is 15.9 Å². The highest BCUT2D eigenvalue weighted by Crippen LogP contribution is 2.40. The Kier molecular flexibility index (Phi) is 3.44. The van der Waals surface area contributed by atoms with Crippen molar-refractivity contribution in [1.82, 2.24) is 4.98 Å². The van der Waals surface area contributed by atoms with E-state index in [1.165, 1.54) is 6.42 Å². The normalized spacial score (nSPS) is 20.3. The van der Waals surface area contributed by atoms with E-state index in [2.05, 4.69) is 15.0 Å². The fraction of sp³-hybridized carbons (Fsp3) is 0.471. The molecule has 7 nitrogen and oxygen atoms in total. The molecule has 0 radical (unpaired) electrons. The smallest absolute Gasteiger partial charge is 0.220 e. The molecule has 1 aliphatic heterocycles. The summed E-state index contributed by atoms with van der Waals surface area (Å²) in [6, 6.07) is 5.93. The molecule has 2 aliphatic rings. The zero-order valence-electron chi connectivity index (χ0n) is 13.8. The zero-order valence-corrected chi connectivity index (χ0v) is 13.8. The molecule has 24 heavy (non-hydrogen) atoms. The number of anilines is 1. The fourth-order valence-corrected chi connectivity index (χ4v) is 3.75. The van der Waals surface area contributed by atoms with E-state index in [1.807, 2.05) is 30.0 Å². The van der Waals surface area contributed by atoms with Crippen LogP contribution in [0.15, 0.2) is 32.6 Å². The van der Waals surface area contributed by atoms with Gasteiger partial charge in [-0.1, -0.05) is 13.3 Å². The van der Waals surface area contributed by atoms with Crippen molar-refractivity contribution in [2.75, 3.05) is 4.90 Å². The molecule has 4 rings (SSSR count). The van der Waals surface area contributed by atoms with Crippen molar-refractivity contribution in [1.29, 1.82) is 0 Å². The molecule has 0 saturated heterocycles. The van der Waals surface area contributed by atoms with Crippen LogP contribution < -0.4 is 16.4 Å². The maximum absolute atomic E-state index is 6.25. The minimum absolute atomic E-state index is 0.264. The lowest BCUT2D eigenvalue weighted by atomic mass is 9.87. The number of nitrogens with zero attached hydrogens (tertiary/aromatic N) is 4. The molecule has 1 aromatic heterocycles. The minimum Gasteiger partial charge on any atom is -0.441 e. The van der Waals surface area contributed by atoms with E-state index in [9.17, 15) is 0 Å². The first kappa shape index (κ1) is 15.0. The van der Waals surface area contributed by atoms with E-state index in [0.29, 0.717) is 5.96 Å². The first-order valence-corrected chi connectivity index (χ1v) is 8.50. The van der Waals surface area contributed by atoms with Crippen LogP contribution in [-0.4, -0.2) is 22.6 Å². The Morgan fingerprint density at radius 1 is 1.21 bits per heavy atom. The second-order valence-electron chi connectivity index (χ2n) is 6.43. The predicted octanol–water partition coefficient (Wildman–Crippen LogP) is 2.50. The number of benzene rings is 1. The van der Waals surface area contributed by atoms with Gasteiger partial charge < -0.3 is 15.9 Å². The van der Waals surface area contributed by atoms with Gasteiger partial charge in [0.25, 0.3) is 0 Å². The maximum Gasteiger partial charge on any atom is 0.220 e. The molecule has 1 aliphatic carbocycles. The first-order chi connectivity index (χ1) is 11.6. The van der Waals surface area contributed by atoms with Gasteiger partial charge >= 0.3 is 0 Å². The average Bonchev–Trinajstić information content (AvgIpc) is 2.97. The highest BCUT2D eigenvalue weighted by Gasteiger charge is 2.42. The molecule has 1 aromatic carbocycles. The summed E-state index contributed by atoms with van der Waals surface area (Å²) in [6.45, 7) is 2.02. The Hall–Kier alpha value is -2.57. The number of nitrogens with two attached hydrogens (primary N) is 2. The van der Waals surface area contributed by atoms with E-state index in [1.54, 1.807) is 0 Å². The Morgan fingerprint density at radius 3 is 2.75 bits per heavy atom. The Labute approximate surface area is 140 Å². The third-order valence-corrected chi connectivity index (χ3v) is 4.83. The number of fused-ring (bicyclic) bond motifs is 1. The summed E-state index contributed by atoms with van der Waals surface area (Å²) in [5.74, 6) is 1.38. The van der Waals surface area contributed by atoms with Gasteiger partial charge in [0, 0.05) is 12.5 Å². The molecule has 7 heteroatoms. The summed E-state index contributed by atoms with van der Waals surface area (Å²) < 4.78 is 5.80. The predicted molar refractivity (Wildman–Crippen MR) is 94.9 cm³/mol. The van der Waals surface area contributed by atoms with Crippen LogP contribution >= 0.6 is 0 Å². The molecule has 0 amide bonds.